The van der Waals surface area contributed by atoms with E-state index in [1.807, 2.05) is 0 Å². The van der Waals surface area contributed by atoms with Crippen molar-refractivity contribution in [3.63, 3.8) is 0 Å². The van der Waals surface area contributed by atoms with Gasteiger partial charge in [0.2, 0.25) is 5.95 Å². The van der Waals surface area contributed by atoms with Crippen LogP contribution >= 0.6 is 0 Å². The Morgan fingerprint density at radius 3 is 2.75 bits per heavy atom. The van der Waals surface area contributed by atoms with Gasteiger partial charge in [0.15, 0.2) is 5.82 Å². The van der Waals surface area contributed by atoms with Gasteiger partial charge in [-0.1, -0.05) is 6.57 Å². The van der Waals surface area contributed by atoms with Crippen molar-refractivity contribution in [3.8, 4) is 0 Å². The Morgan fingerprint density at radius 2 is 2.07 bits per heavy atom. The van der Waals surface area contributed by atoms with Gasteiger partial charge in [0.25, 0.3) is 5.82 Å². The molecule has 0 bridgehead atoms. The highest BCUT2D eigenvalue weighted by Gasteiger charge is 2.30. The molecule has 4 rings (SSSR count). The first-order valence-electron chi connectivity index (χ1n) is 8.64. The van der Waals surface area contributed by atoms with Gasteiger partial charge in [0.05, 0.1) is 24.3 Å². The molecule has 0 saturated carbocycles. The van der Waals surface area contributed by atoms with E-state index in [2.05, 4.69) is 19.8 Å². The van der Waals surface area contributed by atoms with E-state index < -0.39 is 23.8 Å². The number of hydrogen-bond donors (Lipinski definition) is 1. The summed E-state index contributed by atoms with van der Waals surface area (Å²) in [4.78, 5) is 17.5. The van der Waals surface area contributed by atoms with Crippen LogP contribution in [0.1, 0.15) is 12.1 Å². The molecule has 0 unspecified atom stereocenters. The Hall–Kier alpha value is -3.19. The molecular weight excluding hydrogens is 371 g/mol. The number of imidazole rings is 1. The second-order valence-corrected chi connectivity index (χ2v) is 6.65. The second kappa shape index (κ2) is 7.09. The SMILES string of the molecule is [C-]#[N+]c1cnc(Cn2c(N3CC[C@@H](F)[C@H](N)C3)nc3cc(F)cc(F)c32)cn1. The van der Waals surface area contributed by atoms with Crippen LogP contribution in [0.5, 0.6) is 0 Å². The summed E-state index contributed by atoms with van der Waals surface area (Å²) in [6, 6.07) is 1.24. The highest BCUT2D eigenvalue weighted by atomic mass is 19.1. The minimum atomic E-state index is -1.12. The highest BCUT2D eigenvalue weighted by molar-refractivity contribution is 5.80. The molecule has 3 heterocycles. The van der Waals surface area contributed by atoms with E-state index >= 15 is 0 Å². The maximum absolute atomic E-state index is 14.6. The molecule has 2 aromatic heterocycles. The first-order chi connectivity index (χ1) is 13.5. The van der Waals surface area contributed by atoms with Crippen molar-refractivity contribution in [3.05, 3.63) is 53.3 Å². The van der Waals surface area contributed by atoms with Gasteiger partial charge in [-0.05, 0) is 6.42 Å². The van der Waals surface area contributed by atoms with E-state index in [4.69, 9.17) is 12.3 Å². The zero-order chi connectivity index (χ0) is 19.8. The van der Waals surface area contributed by atoms with E-state index in [1.165, 1.54) is 12.4 Å². The molecule has 144 valence electrons. The maximum atomic E-state index is 14.6. The Kier molecular flexibility index (Phi) is 4.60. The van der Waals surface area contributed by atoms with Crippen LogP contribution in [-0.4, -0.2) is 44.8 Å². The van der Waals surface area contributed by atoms with E-state index in [0.717, 1.165) is 12.1 Å². The standard InChI is InChI=1S/C18H16F3N7/c1-23-16-7-24-11(6-25-16)8-28-17-13(21)4-10(19)5-15(17)26-18(28)27-3-2-12(20)14(22)9-27/h4-7,12,14H,2-3,8-9,22H2/t12-,14-/m1/s1. The van der Waals surface area contributed by atoms with Gasteiger partial charge in [0, 0.05) is 25.2 Å². The van der Waals surface area contributed by atoms with E-state index in [-0.39, 0.29) is 36.4 Å². The monoisotopic (exact) mass is 387 g/mol. The summed E-state index contributed by atoms with van der Waals surface area (Å²) in [6.45, 7) is 7.60. The fourth-order valence-corrected chi connectivity index (χ4v) is 3.35. The van der Waals surface area contributed by atoms with Crippen molar-refractivity contribution in [1.29, 1.82) is 0 Å². The molecule has 7 nitrogen and oxygen atoms in total. The van der Waals surface area contributed by atoms with Crippen LogP contribution in [0.15, 0.2) is 24.5 Å². The first-order valence-corrected chi connectivity index (χ1v) is 8.64. The van der Waals surface area contributed by atoms with E-state index in [0.29, 0.717) is 18.2 Å². The average molecular weight is 387 g/mol. The molecule has 28 heavy (non-hydrogen) atoms. The number of hydrogen-bond acceptors (Lipinski definition) is 5. The van der Waals surface area contributed by atoms with Crippen LogP contribution in [0.2, 0.25) is 0 Å². The minimum absolute atomic E-state index is 0.102. The van der Waals surface area contributed by atoms with Crippen molar-refractivity contribution in [2.24, 2.45) is 5.73 Å². The summed E-state index contributed by atoms with van der Waals surface area (Å²) in [5.41, 5.74) is 6.59. The van der Waals surface area contributed by atoms with E-state index in [9.17, 15) is 13.2 Å². The molecule has 2 N–H and O–H groups in total. The Labute approximate surface area is 158 Å². The molecule has 3 aromatic rings. The van der Waals surface area contributed by atoms with Crippen molar-refractivity contribution in [1.82, 2.24) is 19.5 Å². The van der Waals surface area contributed by atoms with Gasteiger partial charge in [-0.3, -0.25) is 4.98 Å². The van der Waals surface area contributed by atoms with Crippen molar-refractivity contribution in [2.45, 2.75) is 25.2 Å². The fraction of sp³-hybridized carbons (Fsp3) is 0.333. The lowest BCUT2D eigenvalue weighted by Gasteiger charge is -2.34. The Morgan fingerprint density at radius 1 is 1.25 bits per heavy atom. The van der Waals surface area contributed by atoms with Gasteiger partial charge in [-0.2, -0.15) is 0 Å². The maximum Gasteiger partial charge on any atom is 0.287 e. The third-order valence-electron chi connectivity index (χ3n) is 4.72. The minimum Gasteiger partial charge on any atom is -0.359 e. The molecular formula is C18H16F3N7. The van der Waals surface area contributed by atoms with Gasteiger partial charge in [-0.15, -0.1) is 4.98 Å². The largest absolute Gasteiger partial charge is 0.359 e. The number of rotatable bonds is 3. The Bertz CT molecular complexity index is 1060. The Balaban J connectivity index is 1.80. The van der Waals surface area contributed by atoms with E-state index in [1.54, 1.807) is 9.47 Å². The average Bonchev–Trinajstić information content (AvgIpc) is 3.03. The number of aromatic nitrogens is 4. The lowest BCUT2D eigenvalue weighted by Crippen LogP contribution is -2.50. The molecule has 0 spiro atoms. The number of nitrogens with zero attached hydrogens (tertiary/aromatic N) is 6. The molecule has 1 aliphatic rings. The molecule has 0 amide bonds. The summed E-state index contributed by atoms with van der Waals surface area (Å²) in [5.74, 6) is -0.993. The lowest BCUT2D eigenvalue weighted by molar-refractivity contribution is 0.243. The summed E-state index contributed by atoms with van der Waals surface area (Å²) in [7, 11) is 0. The topological polar surface area (TPSA) is 77.2 Å². The molecule has 10 heteroatoms. The second-order valence-electron chi connectivity index (χ2n) is 6.65. The van der Waals surface area contributed by atoms with Crippen LogP contribution in [0, 0.1) is 18.2 Å². The van der Waals surface area contributed by atoms with Gasteiger partial charge < -0.3 is 20.0 Å². The number of nitrogens with two attached hydrogens (primary N) is 1. The fourth-order valence-electron chi connectivity index (χ4n) is 3.35. The van der Waals surface area contributed by atoms with Crippen LogP contribution in [0.4, 0.5) is 24.9 Å². The number of piperidine rings is 1. The molecule has 1 aromatic carbocycles. The number of anilines is 1. The highest BCUT2D eigenvalue weighted by Crippen LogP contribution is 2.29. The zero-order valence-electron chi connectivity index (χ0n) is 14.7. The summed E-state index contributed by atoms with van der Waals surface area (Å²) < 4.78 is 43.6. The normalized spacial score (nSPS) is 19.8. The van der Waals surface area contributed by atoms with Crippen molar-refractivity contribution < 1.29 is 13.2 Å². The van der Waals surface area contributed by atoms with Gasteiger partial charge >= 0.3 is 0 Å². The summed E-state index contributed by atoms with van der Waals surface area (Å²) in [6.07, 6.45) is 1.85. The lowest BCUT2D eigenvalue weighted by atomic mass is 10.1. The molecule has 0 radical (unpaired) electrons. The van der Waals surface area contributed by atoms with Crippen molar-refractivity contribution in [2.75, 3.05) is 18.0 Å². The third kappa shape index (κ3) is 3.25. The number of alkyl halides is 1. The van der Waals surface area contributed by atoms with Crippen LogP contribution in [0.3, 0.4) is 0 Å². The van der Waals surface area contributed by atoms with Crippen molar-refractivity contribution >= 4 is 22.8 Å². The number of halogens is 3. The predicted molar refractivity (Wildman–Crippen MR) is 96.7 cm³/mol. The molecule has 1 fully saturated rings. The van der Waals surface area contributed by atoms with Gasteiger partial charge in [0.1, 0.15) is 29.4 Å². The first kappa shape index (κ1) is 18.2. The number of fused-ring (bicyclic) bond motifs is 1. The predicted octanol–water partition coefficient (Wildman–Crippen LogP) is 2.58. The summed E-state index contributed by atoms with van der Waals surface area (Å²) >= 11 is 0. The zero-order valence-corrected chi connectivity index (χ0v) is 14.7. The number of benzene rings is 1. The molecule has 0 aliphatic carbocycles. The quantitative estimate of drug-likeness (QED) is 0.699. The van der Waals surface area contributed by atoms with Crippen LogP contribution < -0.4 is 10.6 Å². The summed E-state index contributed by atoms with van der Waals surface area (Å²) in [5, 5.41) is 0. The van der Waals surface area contributed by atoms with Gasteiger partial charge in [-0.25, -0.2) is 18.2 Å². The third-order valence-corrected chi connectivity index (χ3v) is 4.72. The van der Waals surface area contributed by atoms with Crippen LogP contribution in [0.25, 0.3) is 15.9 Å². The molecule has 1 saturated heterocycles. The molecule has 1 aliphatic heterocycles. The van der Waals surface area contributed by atoms with Crippen LogP contribution in [-0.2, 0) is 6.54 Å². The smallest absolute Gasteiger partial charge is 0.287 e. The molecule has 2 atom stereocenters.